The highest BCUT2D eigenvalue weighted by atomic mass is 32.2. The number of nitrogens with one attached hydrogen (secondary N) is 2. The lowest BCUT2D eigenvalue weighted by Crippen LogP contribution is -2.22. The molecular formula is C16H21F3N4O2S. The molecule has 0 aliphatic heterocycles. The normalized spacial score (nSPS) is 11.8. The van der Waals surface area contributed by atoms with Crippen LogP contribution in [-0.2, 0) is 11.0 Å². The molecule has 144 valence electrons. The number of aromatic nitrogens is 2. The van der Waals surface area contributed by atoms with Crippen molar-refractivity contribution in [3.05, 3.63) is 30.7 Å². The summed E-state index contributed by atoms with van der Waals surface area (Å²) in [7, 11) is 0.166. The first-order valence-electron chi connectivity index (χ1n) is 7.69. The van der Waals surface area contributed by atoms with Crippen LogP contribution < -0.4 is 14.8 Å². The zero-order valence-corrected chi connectivity index (χ0v) is 15.7. The maximum Gasteiger partial charge on any atom is 0.405 e. The van der Waals surface area contributed by atoms with Gasteiger partial charge < -0.3 is 14.8 Å². The standard InChI is InChI=1S/C14H15F3N4O2S.C2H6/c1-23-12-5-9(21-24(2)22)3-4-10(12)11-6-18-8-20-13(11)19-7-14(15,16)17;1-2/h3-6,8,21H,7H2,1-2H3,(H,18,19,20);1-2H3. The summed E-state index contributed by atoms with van der Waals surface area (Å²) in [5, 5.41) is 2.25. The summed E-state index contributed by atoms with van der Waals surface area (Å²) < 4.78 is 56.5. The van der Waals surface area contributed by atoms with Gasteiger partial charge >= 0.3 is 6.18 Å². The average Bonchev–Trinajstić information content (AvgIpc) is 2.61. The molecule has 0 bridgehead atoms. The Hall–Kier alpha value is -2.36. The van der Waals surface area contributed by atoms with Gasteiger partial charge in [0.25, 0.3) is 0 Å². The summed E-state index contributed by atoms with van der Waals surface area (Å²) >= 11 is 0. The molecule has 1 aromatic heterocycles. The van der Waals surface area contributed by atoms with Gasteiger partial charge in [-0.3, -0.25) is 0 Å². The first kappa shape index (κ1) is 21.7. The summed E-state index contributed by atoms with van der Waals surface area (Å²) in [4.78, 5) is 7.72. The third-order valence-corrected chi connectivity index (χ3v) is 3.44. The Bertz CT molecular complexity index is 742. The van der Waals surface area contributed by atoms with Crippen molar-refractivity contribution in [3.63, 3.8) is 0 Å². The molecule has 0 radical (unpaired) electrons. The van der Waals surface area contributed by atoms with Gasteiger partial charge in [0.05, 0.1) is 7.11 Å². The molecule has 0 amide bonds. The number of halogens is 3. The number of rotatable bonds is 6. The Morgan fingerprint density at radius 2 is 1.92 bits per heavy atom. The lowest BCUT2D eigenvalue weighted by atomic mass is 10.1. The molecule has 0 saturated carbocycles. The van der Waals surface area contributed by atoms with E-state index in [-0.39, 0.29) is 5.82 Å². The van der Waals surface area contributed by atoms with Crippen molar-refractivity contribution < 1.29 is 22.1 Å². The fraction of sp³-hybridized carbons (Fsp3) is 0.375. The summed E-state index contributed by atoms with van der Waals surface area (Å²) in [6.07, 6.45) is -0.338. The number of hydrogen-bond acceptors (Lipinski definition) is 5. The molecular weight excluding hydrogens is 369 g/mol. The Labute approximate surface area is 152 Å². The van der Waals surface area contributed by atoms with E-state index in [1.807, 2.05) is 13.8 Å². The topological polar surface area (TPSA) is 76.1 Å². The second kappa shape index (κ2) is 9.95. The number of ether oxygens (including phenoxy) is 1. The molecule has 1 unspecified atom stereocenters. The van der Waals surface area contributed by atoms with E-state index in [1.54, 1.807) is 18.2 Å². The van der Waals surface area contributed by atoms with Crippen molar-refractivity contribution in [1.29, 1.82) is 0 Å². The Balaban J connectivity index is 0.00000163. The average molecular weight is 390 g/mol. The van der Waals surface area contributed by atoms with Gasteiger partial charge in [-0.25, -0.2) is 14.2 Å². The predicted molar refractivity (Wildman–Crippen MR) is 97.6 cm³/mol. The van der Waals surface area contributed by atoms with Gasteiger partial charge in [-0.15, -0.1) is 0 Å². The van der Waals surface area contributed by atoms with E-state index in [2.05, 4.69) is 20.0 Å². The van der Waals surface area contributed by atoms with Gasteiger partial charge in [0.15, 0.2) is 0 Å². The molecule has 26 heavy (non-hydrogen) atoms. The van der Waals surface area contributed by atoms with E-state index in [4.69, 9.17) is 4.74 Å². The molecule has 6 nitrogen and oxygen atoms in total. The third-order valence-electron chi connectivity index (χ3n) is 2.92. The molecule has 2 aromatic rings. The number of nitrogens with zero attached hydrogens (tertiary/aromatic N) is 2. The van der Waals surface area contributed by atoms with Crippen molar-refractivity contribution in [2.24, 2.45) is 0 Å². The smallest absolute Gasteiger partial charge is 0.405 e. The fourth-order valence-corrected chi connectivity index (χ4v) is 2.45. The van der Waals surface area contributed by atoms with E-state index < -0.39 is 23.7 Å². The van der Waals surface area contributed by atoms with Crippen molar-refractivity contribution in [2.45, 2.75) is 20.0 Å². The monoisotopic (exact) mass is 390 g/mol. The molecule has 0 saturated heterocycles. The molecule has 2 N–H and O–H groups in total. The fourth-order valence-electron chi connectivity index (χ4n) is 1.99. The highest BCUT2D eigenvalue weighted by molar-refractivity contribution is 7.85. The van der Waals surface area contributed by atoms with Gasteiger partial charge in [0.1, 0.15) is 35.4 Å². The Kier molecular flexibility index (Phi) is 8.30. The third kappa shape index (κ3) is 6.51. The number of alkyl halides is 3. The van der Waals surface area contributed by atoms with Crippen LogP contribution in [0, 0.1) is 0 Å². The van der Waals surface area contributed by atoms with Gasteiger partial charge in [-0.1, -0.05) is 13.8 Å². The van der Waals surface area contributed by atoms with Crippen LogP contribution in [0.2, 0.25) is 0 Å². The quantitative estimate of drug-likeness (QED) is 0.783. The maximum absolute atomic E-state index is 12.4. The molecule has 0 spiro atoms. The van der Waals surface area contributed by atoms with Gasteiger partial charge in [0, 0.05) is 35.3 Å². The van der Waals surface area contributed by atoms with E-state index in [1.165, 1.54) is 19.6 Å². The van der Waals surface area contributed by atoms with E-state index in [9.17, 15) is 17.4 Å². The summed E-state index contributed by atoms with van der Waals surface area (Å²) in [5.41, 5.74) is 1.43. The van der Waals surface area contributed by atoms with Crippen LogP contribution in [0.25, 0.3) is 11.1 Å². The van der Waals surface area contributed by atoms with Crippen molar-refractivity contribution in [3.8, 4) is 16.9 Å². The Morgan fingerprint density at radius 1 is 1.23 bits per heavy atom. The largest absolute Gasteiger partial charge is 0.496 e. The number of benzene rings is 1. The molecule has 10 heteroatoms. The molecule has 1 atom stereocenters. The lowest BCUT2D eigenvalue weighted by molar-refractivity contribution is -0.115. The zero-order valence-electron chi connectivity index (χ0n) is 14.8. The van der Waals surface area contributed by atoms with Gasteiger partial charge in [-0.2, -0.15) is 13.2 Å². The minimum absolute atomic E-state index is 0.0420. The maximum atomic E-state index is 12.4. The molecule has 0 fully saturated rings. The Morgan fingerprint density at radius 3 is 2.50 bits per heavy atom. The zero-order chi connectivity index (χ0) is 19.7. The molecule has 1 aromatic carbocycles. The van der Waals surface area contributed by atoms with Crippen molar-refractivity contribution in [2.75, 3.05) is 29.9 Å². The van der Waals surface area contributed by atoms with Crippen LogP contribution in [0.5, 0.6) is 5.75 Å². The van der Waals surface area contributed by atoms with Crippen LogP contribution in [0.4, 0.5) is 24.7 Å². The number of anilines is 2. The van der Waals surface area contributed by atoms with E-state index >= 15 is 0 Å². The molecule has 2 rings (SSSR count). The van der Waals surface area contributed by atoms with E-state index in [0.717, 1.165) is 6.33 Å². The van der Waals surface area contributed by atoms with Crippen molar-refractivity contribution in [1.82, 2.24) is 9.97 Å². The highest BCUT2D eigenvalue weighted by Crippen LogP contribution is 2.35. The second-order valence-electron chi connectivity index (χ2n) is 4.73. The number of methoxy groups -OCH3 is 1. The van der Waals surface area contributed by atoms with Crippen LogP contribution in [-0.4, -0.2) is 40.3 Å². The first-order chi connectivity index (χ1) is 12.3. The van der Waals surface area contributed by atoms with Gasteiger partial charge in [-0.05, 0) is 12.1 Å². The van der Waals surface area contributed by atoms with Crippen LogP contribution in [0.15, 0.2) is 30.7 Å². The van der Waals surface area contributed by atoms with Crippen LogP contribution >= 0.6 is 0 Å². The van der Waals surface area contributed by atoms with Gasteiger partial charge in [0.2, 0.25) is 0 Å². The van der Waals surface area contributed by atoms with Crippen molar-refractivity contribution >= 4 is 22.5 Å². The number of hydrogen-bond donors (Lipinski definition) is 2. The molecule has 0 aliphatic rings. The SMILES string of the molecule is CC.COc1cc(NS(C)=O)ccc1-c1cncnc1NCC(F)(F)F. The summed E-state index contributed by atoms with van der Waals surface area (Å²) in [6, 6.07) is 4.86. The lowest BCUT2D eigenvalue weighted by Gasteiger charge is -2.15. The highest BCUT2D eigenvalue weighted by Gasteiger charge is 2.27. The second-order valence-corrected chi connectivity index (χ2v) is 5.84. The minimum atomic E-state index is -4.37. The summed E-state index contributed by atoms with van der Waals surface area (Å²) in [6.45, 7) is 2.79. The molecule has 0 aliphatic carbocycles. The molecule has 1 heterocycles. The van der Waals surface area contributed by atoms with E-state index in [0.29, 0.717) is 22.6 Å². The first-order valence-corrected chi connectivity index (χ1v) is 9.25. The predicted octanol–water partition coefficient (Wildman–Crippen LogP) is 3.86. The summed E-state index contributed by atoms with van der Waals surface area (Å²) in [5.74, 6) is 0.427. The minimum Gasteiger partial charge on any atom is -0.496 e. The van der Waals surface area contributed by atoms with Crippen LogP contribution in [0.1, 0.15) is 13.8 Å². The van der Waals surface area contributed by atoms with Crippen LogP contribution in [0.3, 0.4) is 0 Å².